The molecule has 0 heterocycles. The number of carboxylic acid groups (broad SMARTS) is 1. The Morgan fingerprint density at radius 2 is 1.90 bits per heavy atom. The molecule has 21 heavy (non-hydrogen) atoms. The Kier molecular flexibility index (Phi) is 7.25. The van der Waals surface area contributed by atoms with Crippen LogP contribution >= 0.6 is 0 Å². The second-order valence-corrected chi connectivity index (χ2v) is 5.12. The van der Waals surface area contributed by atoms with Crippen LogP contribution in [0.4, 0.5) is 10.5 Å². The van der Waals surface area contributed by atoms with Crippen molar-refractivity contribution in [3.8, 4) is 0 Å². The zero-order valence-electron chi connectivity index (χ0n) is 12.4. The van der Waals surface area contributed by atoms with Gasteiger partial charge in [-0.05, 0) is 23.6 Å². The molecule has 0 bridgehead atoms. The maximum atomic E-state index is 11.6. The number of nitrogens with one attached hydrogen (secondary N) is 2. The molecule has 1 aromatic rings. The molecule has 0 saturated carbocycles. The van der Waals surface area contributed by atoms with Crippen molar-refractivity contribution in [1.82, 2.24) is 5.32 Å². The lowest BCUT2D eigenvalue weighted by atomic mass is 10.1. The van der Waals surface area contributed by atoms with Crippen molar-refractivity contribution in [2.45, 2.75) is 20.3 Å². The third-order valence-corrected chi connectivity index (χ3v) is 2.55. The number of rotatable bonds is 8. The predicted octanol–water partition coefficient (Wildman–Crippen LogP) is 2.11. The third kappa shape index (κ3) is 7.94. The number of carboxylic acids is 1. The molecular weight excluding hydrogens is 272 g/mol. The van der Waals surface area contributed by atoms with E-state index in [-0.39, 0.29) is 12.5 Å². The number of hydrogen-bond acceptors (Lipinski definition) is 3. The van der Waals surface area contributed by atoms with E-state index in [2.05, 4.69) is 24.5 Å². The van der Waals surface area contributed by atoms with Crippen LogP contribution in [0.1, 0.15) is 19.4 Å². The molecule has 6 nitrogen and oxygen atoms in total. The summed E-state index contributed by atoms with van der Waals surface area (Å²) in [7, 11) is 0. The topological polar surface area (TPSA) is 87.7 Å². The third-order valence-electron chi connectivity index (χ3n) is 2.55. The second-order valence-electron chi connectivity index (χ2n) is 5.12. The van der Waals surface area contributed by atoms with Crippen molar-refractivity contribution in [2.75, 3.05) is 25.1 Å². The summed E-state index contributed by atoms with van der Waals surface area (Å²) in [5, 5.41) is 14.0. The number of hydrogen-bond donors (Lipinski definition) is 3. The molecule has 0 unspecified atom stereocenters. The lowest BCUT2D eigenvalue weighted by Crippen LogP contribution is -2.31. The van der Waals surface area contributed by atoms with E-state index in [4.69, 9.17) is 9.84 Å². The van der Waals surface area contributed by atoms with Crippen LogP contribution in [0.3, 0.4) is 0 Å². The van der Waals surface area contributed by atoms with Gasteiger partial charge in [0.25, 0.3) is 0 Å². The van der Waals surface area contributed by atoms with Gasteiger partial charge in [-0.2, -0.15) is 0 Å². The molecule has 0 aliphatic heterocycles. The van der Waals surface area contributed by atoms with Crippen LogP contribution < -0.4 is 10.6 Å². The zero-order chi connectivity index (χ0) is 15.7. The number of benzene rings is 1. The van der Waals surface area contributed by atoms with Gasteiger partial charge in [0.05, 0.1) is 13.0 Å². The highest BCUT2D eigenvalue weighted by molar-refractivity contribution is 5.89. The molecule has 6 heteroatoms. The van der Waals surface area contributed by atoms with E-state index in [1.165, 1.54) is 0 Å². The van der Waals surface area contributed by atoms with Gasteiger partial charge >= 0.3 is 12.0 Å². The zero-order valence-corrected chi connectivity index (χ0v) is 12.4. The van der Waals surface area contributed by atoms with E-state index < -0.39 is 5.97 Å². The summed E-state index contributed by atoms with van der Waals surface area (Å²) in [5.74, 6) is -0.405. The Morgan fingerprint density at radius 3 is 2.48 bits per heavy atom. The van der Waals surface area contributed by atoms with Crippen molar-refractivity contribution in [1.29, 1.82) is 0 Å². The Morgan fingerprint density at radius 1 is 1.24 bits per heavy atom. The average molecular weight is 294 g/mol. The molecule has 0 aliphatic carbocycles. The smallest absolute Gasteiger partial charge is 0.319 e. The molecule has 0 radical (unpaired) electrons. The summed E-state index contributed by atoms with van der Waals surface area (Å²) < 4.78 is 5.35. The lowest BCUT2D eigenvalue weighted by Gasteiger charge is -2.09. The molecule has 0 aliphatic rings. The Labute approximate surface area is 124 Å². The first-order valence-electron chi connectivity index (χ1n) is 6.90. The quantitative estimate of drug-likeness (QED) is 0.641. The SMILES string of the molecule is CC(C)COCCNC(=O)Nc1ccc(CC(=O)O)cc1. The van der Waals surface area contributed by atoms with Crippen molar-refractivity contribution in [3.63, 3.8) is 0 Å². The summed E-state index contributed by atoms with van der Waals surface area (Å²) >= 11 is 0. The van der Waals surface area contributed by atoms with Gasteiger partial charge in [0.1, 0.15) is 0 Å². The largest absolute Gasteiger partial charge is 0.481 e. The van der Waals surface area contributed by atoms with Gasteiger partial charge in [-0.1, -0.05) is 26.0 Å². The molecule has 3 N–H and O–H groups in total. The standard InChI is InChI=1S/C15H22N2O4/c1-11(2)10-21-8-7-16-15(20)17-13-5-3-12(4-6-13)9-14(18)19/h3-6,11H,7-10H2,1-2H3,(H,18,19)(H2,16,17,20). The summed E-state index contributed by atoms with van der Waals surface area (Å²) in [6, 6.07) is 6.39. The number of carbonyl (C=O) groups excluding carboxylic acids is 1. The van der Waals surface area contributed by atoms with E-state index in [9.17, 15) is 9.59 Å². The number of aliphatic carboxylic acids is 1. The lowest BCUT2D eigenvalue weighted by molar-refractivity contribution is -0.136. The summed E-state index contributed by atoms with van der Waals surface area (Å²) in [6.45, 7) is 5.72. The molecule has 0 aromatic heterocycles. The first-order chi connectivity index (χ1) is 9.97. The number of ether oxygens (including phenoxy) is 1. The van der Waals surface area contributed by atoms with Crippen molar-refractivity contribution >= 4 is 17.7 Å². The van der Waals surface area contributed by atoms with Crippen LogP contribution in [-0.2, 0) is 16.0 Å². The van der Waals surface area contributed by atoms with Gasteiger partial charge in [0.2, 0.25) is 0 Å². The molecule has 0 saturated heterocycles. The van der Waals surface area contributed by atoms with E-state index in [1.54, 1.807) is 24.3 Å². The minimum Gasteiger partial charge on any atom is -0.481 e. The van der Waals surface area contributed by atoms with Crippen molar-refractivity contribution < 1.29 is 19.4 Å². The number of carbonyl (C=O) groups is 2. The van der Waals surface area contributed by atoms with E-state index >= 15 is 0 Å². The van der Waals surface area contributed by atoms with Gasteiger partial charge < -0.3 is 20.5 Å². The highest BCUT2D eigenvalue weighted by Crippen LogP contribution is 2.09. The van der Waals surface area contributed by atoms with E-state index in [1.807, 2.05) is 0 Å². The molecule has 0 atom stereocenters. The van der Waals surface area contributed by atoms with Gasteiger partial charge in [-0.25, -0.2) is 4.79 Å². The Bertz CT molecular complexity index is 457. The maximum absolute atomic E-state index is 11.6. The predicted molar refractivity (Wildman–Crippen MR) is 80.5 cm³/mol. The molecular formula is C15H22N2O4. The Balaban J connectivity index is 2.26. The summed E-state index contributed by atoms with van der Waals surface area (Å²) in [4.78, 5) is 22.2. The minimum atomic E-state index is -0.880. The van der Waals surface area contributed by atoms with Crippen molar-refractivity contribution in [2.24, 2.45) is 5.92 Å². The average Bonchev–Trinajstić information content (AvgIpc) is 2.39. The van der Waals surface area contributed by atoms with Crippen LogP contribution in [0.2, 0.25) is 0 Å². The summed E-state index contributed by atoms with van der Waals surface area (Å²) in [6.07, 6.45) is -0.0281. The molecule has 1 aromatic carbocycles. The van der Waals surface area contributed by atoms with Gasteiger partial charge in [-0.15, -0.1) is 0 Å². The molecule has 0 fully saturated rings. The fourth-order valence-electron chi connectivity index (χ4n) is 1.61. The fourth-order valence-corrected chi connectivity index (χ4v) is 1.61. The normalized spacial score (nSPS) is 10.4. The Hall–Kier alpha value is -2.08. The molecule has 0 spiro atoms. The maximum Gasteiger partial charge on any atom is 0.319 e. The fraction of sp³-hybridized carbons (Fsp3) is 0.467. The number of anilines is 1. The molecule has 116 valence electrons. The van der Waals surface area contributed by atoms with E-state index in [0.717, 1.165) is 0 Å². The number of urea groups is 1. The second kappa shape index (κ2) is 8.97. The first kappa shape index (κ1) is 17.0. The van der Waals surface area contributed by atoms with Crippen LogP contribution in [0.15, 0.2) is 24.3 Å². The van der Waals surface area contributed by atoms with Gasteiger partial charge in [0, 0.05) is 18.8 Å². The van der Waals surface area contributed by atoms with Crippen LogP contribution in [0.5, 0.6) is 0 Å². The minimum absolute atomic E-state index is 0.0281. The molecule has 1 rings (SSSR count). The highest BCUT2D eigenvalue weighted by Gasteiger charge is 2.03. The van der Waals surface area contributed by atoms with Gasteiger partial charge in [-0.3, -0.25) is 4.79 Å². The molecule has 2 amide bonds. The number of amides is 2. The monoisotopic (exact) mass is 294 g/mol. The first-order valence-corrected chi connectivity index (χ1v) is 6.90. The highest BCUT2D eigenvalue weighted by atomic mass is 16.5. The van der Waals surface area contributed by atoms with Gasteiger partial charge in [0.15, 0.2) is 0 Å². The van der Waals surface area contributed by atoms with Crippen LogP contribution in [0, 0.1) is 5.92 Å². The summed E-state index contributed by atoms with van der Waals surface area (Å²) in [5.41, 5.74) is 1.31. The van der Waals surface area contributed by atoms with Crippen molar-refractivity contribution in [3.05, 3.63) is 29.8 Å². The van der Waals surface area contributed by atoms with Crippen LogP contribution in [-0.4, -0.2) is 36.9 Å². The van der Waals surface area contributed by atoms with Crippen LogP contribution in [0.25, 0.3) is 0 Å². The van der Waals surface area contributed by atoms with E-state index in [0.29, 0.717) is 36.9 Å².